The Morgan fingerprint density at radius 3 is 2.24 bits per heavy atom. The number of benzene rings is 3. The first-order valence-corrected chi connectivity index (χ1v) is 15.2. The van der Waals surface area contributed by atoms with E-state index in [-0.39, 0.29) is 30.5 Å². The quantitative estimate of drug-likeness (QED) is 0.191. The Labute approximate surface area is 249 Å². The summed E-state index contributed by atoms with van der Waals surface area (Å²) in [6.45, 7) is 1.51. The minimum absolute atomic E-state index is 0.00252. The molecular formula is C36H42N2O4. The molecule has 5 rings (SSSR count). The van der Waals surface area contributed by atoms with Crippen LogP contribution in [0.2, 0.25) is 0 Å². The van der Waals surface area contributed by atoms with Crippen molar-refractivity contribution < 1.29 is 19.1 Å². The van der Waals surface area contributed by atoms with Crippen LogP contribution in [0.4, 0.5) is 11.4 Å². The predicted molar refractivity (Wildman–Crippen MR) is 169 cm³/mol. The van der Waals surface area contributed by atoms with Gasteiger partial charge in [-0.25, -0.2) is 4.79 Å². The van der Waals surface area contributed by atoms with Crippen molar-refractivity contribution in [3.63, 3.8) is 0 Å². The van der Waals surface area contributed by atoms with Gasteiger partial charge in [0.25, 0.3) is 0 Å². The maximum absolute atomic E-state index is 13.9. The minimum atomic E-state index is -0.387. The summed E-state index contributed by atoms with van der Waals surface area (Å²) in [5, 5.41) is 0. The molecule has 0 radical (unpaired) electrons. The number of amides is 1. The van der Waals surface area contributed by atoms with E-state index in [0.717, 1.165) is 73.1 Å². The zero-order valence-corrected chi connectivity index (χ0v) is 24.8. The molecular weight excluding hydrogens is 524 g/mol. The molecule has 1 atom stereocenters. The Kier molecular flexibility index (Phi) is 10.1. The predicted octanol–water partition coefficient (Wildman–Crippen LogP) is 7.27. The second-order valence-electron chi connectivity index (χ2n) is 11.6. The number of esters is 1. The molecule has 2 aliphatic rings. The lowest BCUT2D eigenvalue weighted by atomic mass is 9.88. The molecule has 3 aromatic rings. The van der Waals surface area contributed by atoms with Gasteiger partial charge in [0.15, 0.2) is 0 Å². The third-order valence-electron chi connectivity index (χ3n) is 8.26. The van der Waals surface area contributed by atoms with Crippen molar-refractivity contribution in [1.29, 1.82) is 0 Å². The first kappa shape index (κ1) is 29.6. The van der Waals surface area contributed by atoms with Gasteiger partial charge in [-0.3, -0.25) is 4.79 Å². The van der Waals surface area contributed by atoms with E-state index in [0.29, 0.717) is 6.54 Å². The second kappa shape index (κ2) is 14.3. The standard InChI is InChI=1S/C36H42N2O4/c1-37(2)32-20-18-30(19-21-32)29-16-13-28(14-17-29)25-38(36(40)31-9-4-3-5-10-31)33-11-6-8-27(24-33)15-22-35(39)42-26-34-12-7-23-41-34/h6,8,11,13-22,24,31,34H,3-5,7,9-10,12,23,25-26H2,1-2H3/b22-15+. The lowest BCUT2D eigenvalue weighted by Crippen LogP contribution is -2.36. The molecule has 6 heteroatoms. The van der Waals surface area contributed by atoms with Gasteiger partial charge in [-0.2, -0.15) is 0 Å². The maximum Gasteiger partial charge on any atom is 0.330 e. The molecule has 0 N–H and O–H groups in total. The summed E-state index contributed by atoms with van der Waals surface area (Å²) in [6, 6.07) is 24.9. The van der Waals surface area contributed by atoms with Gasteiger partial charge >= 0.3 is 5.97 Å². The summed E-state index contributed by atoms with van der Waals surface area (Å²) in [4.78, 5) is 30.2. The molecule has 0 bridgehead atoms. The van der Waals surface area contributed by atoms with Gasteiger partial charge in [0, 0.05) is 44.1 Å². The summed E-state index contributed by atoms with van der Waals surface area (Å²) in [6.07, 6.45) is 10.4. The van der Waals surface area contributed by atoms with Crippen molar-refractivity contribution in [2.45, 2.75) is 57.6 Å². The number of anilines is 2. The SMILES string of the molecule is CN(C)c1ccc(-c2ccc(CN(C(=O)C3CCCCC3)c3cccc(/C=C/C(=O)OCC4CCCO4)c3)cc2)cc1. The molecule has 1 heterocycles. The third-order valence-corrected chi connectivity index (χ3v) is 8.26. The molecule has 2 fully saturated rings. The van der Waals surface area contributed by atoms with E-state index in [1.807, 2.05) is 43.3 Å². The van der Waals surface area contributed by atoms with Crippen molar-refractivity contribution in [3.8, 4) is 11.1 Å². The van der Waals surface area contributed by atoms with Crippen LogP contribution in [0.5, 0.6) is 0 Å². The molecule has 1 unspecified atom stereocenters. The molecule has 220 valence electrons. The number of hydrogen-bond acceptors (Lipinski definition) is 5. The number of carbonyl (C=O) groups is 2. The van der Waals surface area contributed by atoms with Crippen molar-refractivity contribution >= 4 is 29.3 Å². The molecule has 0 aromatic heterocycles. The molecule has 1 aliphatic carbocycles. The Balaban J connectivity index is 1.31. The van der Waals surface area contributed by atoms with Gasteiger partial charge in [-0.1, -0.05) is 67.8 Å². The Morgan fingerprint density at radius 1 is 0.857 bits per heavy atom. The number of hydrogen-bond donors (Lipinski definition) is 0. The monoisotopic (exact) mass is 566 g/mol. The Hall–Kier alpha value is -3.90. The van der Waals surface area contributed by atoms with Crippen LogP contribution >= 0.6 is 0 Å². The van der Waals surface area contributed by atoms with Gasteiger partial charge < -0.3 is 19.3 Å². The minimum Gasteiger partial charge on any atom is -0.460 e. The van der Waals surface area contributed by atoms with Crippen LogP contribution in [-0.4, -0.2) is 45.3 Å². The number of nitrogens with zero attached hydrogens (tertiary/aromatic N) is 2. The van der Waals surface area contributed by atoms with E-state index >= 15 is 0 Å². The largest absolute Gasteiger partial charge is 0.460 e. The van der Waals surface area contributed by atoms with Gasteiger partial charge in [0.2, 0.25) is 5.91 Å². The van der Waals surface area contributed by atoms with E-state index in [9.17, 15) is 9.59 Å². The smallest absolute Gasteiger partial charge is 0.330 e. The van der Waals surface area contributed by atoms with E-state index in [4.69, 9.17) is 9.47 Å². The lowest BCUT2D eigenvalue weighted by molar-refractivity contribution is -0.140. The highest BCUT2D eigenvalue weighted by atomic mass is 16.6. The van der Waals surface area contributed by atoms with Gasteiger partial charge in [0.05, 0.1) is 12.6 Å². The number of rotatable bonds is 10. The lowest BCUT2D eigenvalue weighted by Gasteiger charge is -2.30. The highest BCUT2D eigenvalue weighted by Crippen LogP contribution is 2.30. The molecule has 1 saturated carbocycles. The highest BCUT2D eigenvalue weighted by molar-refractivity contribution is 5.95. The fourth-order valence-corrected chi connectivity index (χ4v) is 5.76. The van der Waals surface area contributed by atoms with E-state index < -0.39 is 0 Å². The van der Waals surface area contributed by atoms with Crippen LogP contribution in [0.25, 0.3) is 17.2 Å². The van der Waals surface area contributed by atoms with Gasteiger partial charge in [-0.05, 0) is 78.3 Å². The molecule has 1 amide bonds. The summed E-state index contributed by atoms with van der Waals surface area (Å²) >= 11 is 0. The van der Waals surface area contributed by atoms with E-state index in [1.165, 1.54) is 18.2 Å². The number of carbonyl (C=O) groups excluding carboxylic acids is 2. The molecule has 1 saturated heterocycles. The average Bonchev–Trinajstić information content (AvgIpc) is 3.56. The summed E-state index contributed by atoms with van der Waals surface area (Å²) in [7, 11) is 4.08. The average molecular weight is 567 g/mol. The summed E-state index contributed by atoms with van der Waals surface area (Å²) in [5.41, 5.74) is 6.23. The molecule has 42 heavy (non-hydrogen) atoms. The Morgan fingerprint density at radius 2 is 1.57 bits per heavy atom. The second-order valence-corrected chi connectivity index (χ2v) is 11.6. The molecule has 0 spiro atoms. The van der Waals surface area contributed by atoms with Crippen molar-refractivity contribution in [1.82, 2.24) is 0 Å². The van der Waals surface area contributed by atoms with Crippen molar-refractivity contribution in [2.75, 3.05) is 37.1 Å². The highest BCUT2D eigenvalue weighted by Gasteiger charge is 2.27. The maximum atomic E-state index is 13.9. The zero-order valence-electron chi connectivity index (χ0n) is 24.8. The topological polar surface area (TPSA) is 59.1 Å². The normalized spacial score (nSPS) is 17.3. The van der Waals surface area contributed by atoms with Crippen LogP contribution in [-0.2, 0) is 25.6 Å². The number of ether oxygens (including phenoxy) is 2. The van der Waals surface area contributed by atoms with Crippen LogP contribution in [0.1, 0.15) is 56.1 Å². The third kappa shape index (κ3) is 7.89. The van der Waals surface area contributed by atoms with Crippen LogP contribution < -0.4 is 9.80 Å². The summed E-state index contributed by atoms with van der Waals surface area (Å²) < 4.78 is 10.9. The molecule has 1 aliphatic heterocycles. The summed E-state index contributed by atoms with van der Waals surface area (Å²) in [5.74, 6) is -0.169. The van der Waals surface area contributed by atoms with Crippen molar-refractivity contribution in [3.05, 3.63) is 90.0 Å². The van der Waals surface area contributed by atoms with Crippen LogP contribution in [0, 0.1) is 5.92 Å². The fraction of sp³-hybridized carbons (Fsp3) is 0.389. The van der Waals surface area contributed by atoms with E-state index in [2.05, 4.69) is 53.4 Å². The van der Waals surface area contributed by atoms with Crippen molar-refractivity contribution in [2.24, 2.45) is 5.92 Å². The van der Waals surface area contributed by atoms with Crippen LogP contribution in [0.15, 0.2) is 78.9 Å². The van der Waals surface area contributed by atoms with Gasteiger partial charge in [0.1, 0.15) is 6.61 Å². The fourth-order valence-electron chi connectivity index (χ4n) is 5.76. The molecule has 3 aromatic carbocycles. The first-order valence-electron chi connectivity index (χ1n) is 15.2. The Bertz CT molecular complexity index is 1350. The first-order chi connectivity index (χ1) is 20.5. The molecule has 6 nitrogen and oxygen atoms in total. The van der Waals surface area contributed by atoms with Crippen LogP contribution in [0.3, 0.4) is 0 Å². The zero-order chi connectivity index (χ0) is 29.3. The van der Waals surface area contributed by atoms with E-state index in [1.54, 1.807) is 6.08 Å². The van der Waals surface area contributed by atoms with Gasteiger partial charge in [-0.15, -0.1) is 0 Å².